The van der Waals surface area contributed by atoms with Gasteiger partial charge in [-0.25, -0.2) is 0 Å². The topological polar surface area (TPSA) is 35.2 Å². The Balaban J connectivity index is 2.18. The third-order valence-corrected chi connectivity index (χ3v) is 3.20. The lowest BCUT2D eigenvalue weighted by Gasteiger charge is -2.29. The van der Waals surface area contributed by atoms with E-state index in [1.165, 1.54) is 12.1 Å². The molecule has 0 unspecified atom stereocenters. The van der Waals surface area contributed by atoms with Crippen LogP contribution in [0.5, 0.6) is 0 Å². The molecule has 0 amide bonds. The standard InChI is InChI=1S/C13H16F3NO/c14-13(15,16)10-4-1-3-9(7-10)12-6-2-5-11(8-17)18-12/h1,3-4,7,11-12H,2,5-6,8,17H2/t11-,12+/m1/s1. The fourth-order valence-electron chi connectivity index (χ4n) is 2.23. The molecule has 0 spiro atoms. The lowest BCUT2D eigenvalue weighted by molar-refractivity contribution is -0.137. The molecule has 5 heteroatoms. The summed E-state index contributed by atoms with van der Waals surface area (Å²) in [6.45, 7) is 0.412. The molecular weight excluding hydrogens is 243 g/mol. The summed E-state index contributed by atoms with van der Waals surface area (Å²) in [6.07, 6.45) is -2.06. The third-order valence-electron chi connectivity index (χ3n) is 3.20. The van der Waals surface area contributed by atoms with E-state index in [1.807, 2.05) is 0 Å². The predicted octanol–water partition coefficient (Wildman–Crippen LogP) is 3.27. The molecule has 1 saturated heterocycles. The number of halogens is 3. The van der Waals surface area contributed by atoms with Crippen LogP contribution in [0.25, 0.3) is 0 Å². The first kappa shape index (κ1) is 13.4. The van der Waals surface area contributed by atoms with Crippen molar-refractivity contribution in [3.63, 3.8) is 0 Å². The molecule has 0 saturated carbocycles. The largest absolute Gasteiger partial charge is 0.416 e. The van der Waals surface area contributed by atoms with Crippen molar-refractivity contribution in [1.29, 1.82) is 0 Å². The Morgan fingerprint density at radius 1 is 1.28 bits per heavy atom. The van der Waals surface area contributed by atoms with Gasteiger partial charge in [0.1, 0.15) is 0 Å². The molecule has 1 aromatic carbocycles. The summed E-state index contributed by atoms with van der Waals surface area (Å²) in [5, 5.41) is 0. The van der Waals surface area contributed by atoms with Crippen LogP contribution < -0.4 is 5.73 Å². The molecule has 18 heavy (non-hydrogen) atoms. The van der Waals surface area contributed by atoms with E-state index in [-0.39, 0.29) is 12.2 Å². The minimum Gasteiger partial charge on any atom is -0.369 e. The van der Waals surface area contributed by atoms with Crippen molar-refractivity contribution < 1.29 is 17.9 Å². The van der Waals surface area contributed by atoms with E-state index < -0.39 is 11.7 Å². The second kappa shape index (κ2) is 5.28. The molecule has 2 nitrogen and oxygen atoms in total. The van der Waals surface area contributed by atoms with Gasteiger partial charge in [0.15, 0.2) is 0 Å². The summed E-state index contributed by atoms with van der Waals surface area (Å²) in [7, 11) is 0. The van der Waals surface area contributed by atoms with Crippen molar-refractivity contribution in [2.45, 2.75) is 37.6 Å². The van der Waals surface area contributed by atoms with Gasteiger partial charge in [0.2, 0.25) is 0 Å². The van der Waals surface area contributed by atoms with Gasteiger partial charge in [0, 0.05) is 6.54 Å². The number of benzene rings is 1. The number of alkyl halides is 3. The Morgan fingerprint density at radius 2 is 2.06 bits per heavy atom. The first-order valence-electron chi connectivity index (χ1n) is 6.03. The minimum absolute atomic E-state index is 0.0432. The Bertz CT molecular complexity index is 405. The Labute approximate surface area is 104 Å². The first-order valence-corrected chi connectivity index (χ1v) is 6.03. The Hall–Kier alpha value is -1.07. The molecule has 0 aromatic heterocycles. The van der Waals surface area contributed by atoms with Gasteiger partial charge in [-0.1, -0.05) is 12.1 Å². The first-order chi connectivity index (χ1) is 8.50. The normalized spacial score (nSPS) is 25.1. The summed E-state index contributed by atoms with van der Waals surface area (Å²) in [5.74, 6) is 0. The fraction of sp³-hybridized carbons (Fsp3) is 0.538. The van der Waals surface area contributed by atoms with E-state index in [0.29, 0.717) is 12.1 Å². The molecule has 1 aliphatic heterocycles. The molecule has 2 rings (SSSR count). The van der Waals surface area contributed by atoms with Crippen LogP contribution in [0.4, 0.5) is 13.2 Å². The van der Waals surface area contributed by atoms with Gasteiger partial charge < -0.3 is 10.5 Å². The van der Waals surface area contributed by atoms with Crippen molar-refractivity contribution in [3.8, 4) is 0 Å². The second-order valence-electron chi connectivity index (χ2n) is 4.54. The molecule has 2 atom stereocenters. The van der Waals surface area contributed by atoms with Gasteiger partial charge in [0.25, 0.3) is 0 Å². The van der Waals surface area contributed by atoms with Gasteiger partial charge in [-0.3, -0.25) is 0 Å². The van der Waals surface area contributed by atoms with E-state index in [9.17, 15) is 13.2 Å². The molecule has 100 valence electrons. The maximum atomic E-state index is 12.6. The highest BCUT2D eigenvalue weighted by molar-refractivity contribution is 5.27. The van der Waals surface area contributed by atoms with E-state index in [1.54, 1.807) is 6.07 Å². The van der Waals surface area contributed by atoms with Gasteiger partial charge in [-0.15, -0.1) is 0 Å². The van der Waals surface area contributed by atoms with Crippen LogP contribution in [0.2, 0.25) is 0 Å². The number of ether oxygens (including phenoxy) is 1. The van der Waals surface area contributed by atoms with Crippen molar-refractivity contribution >= 4 is 0 Å². The van der Waals surface area contributed by atoms with Crippen LogP contribution in [-0.2, 0) is 10.9 Å². The number of hydrogen-bond acceptors (Lipinski definition) is 2. The van der Waals surface area contributed by atoms with Crippen molar-refractivity contribution in [1.82, 2.24) is 0 Å². The van der Waals surface area contributed by atoms with Gasteiger partial charge in [-0.2, -0.15) is 13.2 Å². The van der Waals surface area contributed by atoms with E-state index in [0.717, 1.165) is 25.3 Å². The molecule has 1 fully saturated rings. The van der Waals surface area contributed by atoms with Crippen LogP contribution in [0, 0.1) is 0 Å². The monoisotopic (exact) mass is 259 g/mol. The minimum atomic E-state index is -4.31. The lowest BCUT2D eigenvalue weighted by atomic mass is 9.97. The second-order valence-corrected chi connectivity index (χ2v) is 4.54. The molecule has 0 radical (unpaired) electrons. The zero-order valence-corrected chi connectivity index (χ0v) is 9.91. The smallest absolute Gasteiger partial charge is 0.369 e. The van der Waals surface area contributed by atoms with Crippen molar-refractivity contribution in [2.24, 2.45) is 5.73 Å². The highest BCUT2D eigenvalue weighted by Crippen LogP contribution is 2.35. The van der Waals surface area contributed by atoms with Gasteiger partial charge in [0.05, 0.1) is 17.8 Å². The molecule has 0 bridgehead atoms. The maximum Gasteiger partial charge on any atom is 0.416 e. The van der Waals surface area contributed by atoms with Crippen LogP contribution >= 0.6 is 0 Å². The van der Waals surface area contributed by atoms with E-state index in [4.69, 9.17) is 10.5 Å². The number of nitrogens with two attached hydrogens (primary N) is 1. The predicted molar refractivity (Wildman–Crippen MR) is 62.0 cm³/mol. The molecule has 1 heterocycles. The summed E-state index contributed by atoms with van der Waals surface area (Å²) >= 11 is 0. The average Bonchev–Trinajstić information content (AvgIpc) is 2.38. The number of hydrogen-bond donors (Lipinski definition) is 1. The van der Waals surface area contributed by atoms with Gasteiger partial charge in [-0.05, 0) is 37.0 Å². The van der Waals surface area contributed by atoms with E-state index in [2.05, 4.69) is 0 Å². The summed E-state index contributed by atoms with van der Waals surface area (Å²) < 4.78 is 43.5. The van der Waals surface area contributed by atoms with Crippen LogP contribution in [0.1, 0.15) is 36.5 Å². The van der Waals surface area contributed by atoms with Crippen LogP contribution in [0.3, 0.4) is 0 Å². The molecule has 1 aliphatic rings. The molecular formula is C13H16F3NO. The highest BCUT2D eigenvalue weighted by atomic mass is 19.4. The van der Waals surface area contributed by atoms with Gasteiger partial charge >= 0.3 is 6.18 Å². The van der Waals surface area contributed by atoms with E-state index >= 15 is 0 Å². The van der Waals surface area contributed by atoms with Crippen LogP contribution in [-0.4, -0.2) is 12.6 Å². The quantitative estimate of drug-likeness (QED) is 0.884. The molecule has 0 aliphatic carbocycles. The summed E-state index contributed by atoms with van der Waals surface area (Å²) in [5.41, 5.74) is 5.50. The maximum absolute atomic E-state index is 12.6. The van der Waals surface area contributed by atoms with Crippen LogP contribution in [0.15, 0.2) is 24.3 Å². The zero-order valence-electron chi connectivity index (χ0n) is 9.91. The fourth-order valence-corrected chi connectivity index (χ4v) is 2.23. The Kier molecular flexibility index (Phi) is 3.92. The average molecular weight is 259 g/mol. The summed E-state index contributed by atoms with van der Waals surface area (Å²) in [4.78, 5) is 0. The SMILES string of the molecule is NC[C@H]1CCC[C@@H](c2cccc(C(F)(F)F)c2)O1. The number of rotatable bonds is 2. The third kappa shape index (κ3) is 3.03. The summed E-state index contributed by atoms with van der Waals surface area (Å²) in [6, 6.07) is 5.35. The lowest BCUT2D eigenvalue weighted by Crippen LogP contribution is -2.29. The molecule has 1 aromatic rings. The van der Waals surface area contributed by atoms with Crippen molar-refractivity contribution in [2.75, 3.05) is 6.54 Å². The molecule has 2 N–H and O–H groups in total. The zero-order chi connectivity index (χ0) is 13.2. The van der Waals surface area contributed by atoms with Crippen molar-refractivity contribution in [3.05, 3.63) is 35.4 Å². The highest BCUT2D eigenvalue weighted by Gasteiger charge is 2.31. The Morgan fingerprint density at radius 3 is 2.72 bits per heavy atom.